The van der Waals surface area contributed by atoms with Crippen LogP contribution >= 0.6 is 0 Å². The molecule has 3 aromatic carbocycles. The van der Waals surface area contributed by atoms with Crippen molar-refractivity contribution in [3.8, 4) is 0 Å². The van der Waals surface area contributed by atoms with Gasteiger partial charge in [-0.15, -0.1) is 0 Å². The first kappa shape index (κ1) is 24.8. The number of anilines is 1. The summed E-state index contributed by atoms with van der Waals surface area (Å²) in [6, 6.07) is 14.0. The molecule has 3 rings (SSSR count). The van der Waals surface area contributed by atoms with Crippen molar-refractivity contribution in [3.63, 3.8) is 0 Å². The fraction of sp³-hybridized carbons (Fsp3) is 0.167. The summed E-state index contributed by atoms with van der Waals surface area (Å²) in [6.45, 7) is 0. The Hall–Kier alpha value is -3.82. The van der Waals surface area contributed by atoms with Crippen LogP contribution in [0.2, 0.25) is 0 Å². The number of carboxylic acid groups (broad SMARTS) is 1. The largest absolute Gasteiger partial charge is 0.478 e. The molecule has 1 amide bonds. The molecule has 0 aromatic heterocycles. The van der Waals surface area contributed by atoms with E-state index in [0.717, 1.165) is 5.56 Å². The van der Waals surface area contributed by atoms with Crippen molar-refractivity contribution in [2.24, 2.45) is 0 Å². The molecule has 0 aliphatic heterocycles. The molecule has 2 N–H and O–H groups in total. The van der Waals surface area contributed by atoms with Crippen molar-refractivity contribution in [2.75, 3.05) is 5.32 Å². The summed E-state index contributed by atoms with van der Waals surface area (Å²) in [6.07, 6.45) is -9.27. The Balaban J connectivity index is 1.93. The van der Waals surface area contributed by atoms with E-state index < -0.39 is 40.9 Å². The van der Waals surface area contributed by atoms with E-state index in [4.69, 9.17) is 0 Å². The van der Waals surface area contributed by atoms with E-state index in [1.54, 1.807) is 0 Å². The zero-order chi connectivity index (χ0) is 25.1. The molecule has 0 spiro atoms. The molecule has 0 aliphatic rings. The van der Waals surface area contributed by atoms with Crippen molar-refractivity contribution >= 4 is 17.6 Å². The highest BCUT2D eigenvalue weighted by atomic mass is 19.4. The van der Waals surface area contributed by atoms with E-state index in [9.17, 15) is 41.0 Å². The van der Waals surface area contributed by atoms with Crippen LogP contribution in [0.15, 0.2) is 66.7 Å². The average molecular weight is 481 g/mol. The van der Waals surface area contributed by atoms with Gasteiger partial charge in [-0.25, -0.2) is 4.79 Å². The molecule has 0 radical (unpaired) electrons. The lowest BCUT2D eigenvalue weighted by molar-refractivity contribution is -0.143. The number of hydrogen-bond donors (Lipinski definition) is 2. The van der Waals surface area contributed by atoms with Crippen LogP contribution in [0.1, 0.15) is 43.0 Å². The minimum absolute atomic E-state index is 0.150. The van der Waals surface area contributed by atoms with Gasteiger partial charge in [-0.05, 0) is 54.3 Å². The van der Waals surface area contributed by atoms with Gasteiger partial charge in [0.2, 0.25) is 0 Å². The van der Waals surface area contributed by atoms with Crippen LogP contribution in [0.5, 0.6) is 0 Å². The lowest BCUT2D eigenvalue weighted by Crippen LogP contribution is -2.21. The van der Waals surface area contributed by atoms with E-state index in [1.165, 1.54) is 18.2 Å². The fourth-order valence-electron chi connectivity index (χ4n) is 3.31. The molecule has 0 aliphatic carbocycles. The quantitative estimate of drug-likeness (QED) is 0.397. The summed E-state index contributed by atoms with van der Waals surface area (Å²) in [7, 11) is 0. The highest BCUT2D eigenvalue weighted by Crippen LogP contribution is 2.37. The van der Waals surface area contributed by atoms with Crippen molar-refractivity contribution in [1.82, 2.24) is 0 Å². The van der Waals surface area contributed by atoms with Crippen LogP contribution in [0.3, 0.4) is 0 Å². The van der Waals surface area contributed by atoms with Crippen molar-refractivity contribution in [1.29, 1.82) is 0 Å². The number of hydrogen-bond acceptors (Lipinski definition) is 2. The van der Waals surface area contributed by atoms with Gasteiger partial charge in [-0.1, -0.05) is 36.4 Å². The summed E-state index contributed by atoms with van der Waals surface area (Å²) in [5.41, 5.74) is -3.45. The van der Waals surface area contributed by atoms with E-state index in [1.807, 2.05) is 30.3 Å². The molecule has 0 fully saturated rings. The molecule has 0 saturated carbocycles. The Kier molecular flexibility index (Phi) is 6.99. The average Bonchev–Trinajstić information content (AvgIpc) is 2.76. The Morgan fingerprint density at radius 1 is 0.735 bits per heavy atom. The molecule has 10 heteroatoms. The first-order valence-electron chi connectivity index (χ1n) is 9.86. The third kappa shape index (κ3) is 5.94. The monoisotopic (exact) mass is 481 g/mol. The summed E-state index contributed by atoms with van der Waals surface area (Å²) >= 11 is 0. The second kappa shape index (κ2) is 9.58. The van der Waals surface area contributed by atoms with Crippen molar-refractivity contribution in [2.45, 2.75) is 25.2 Å². The maximum Gasteiger partial charge on any atom is 0.417 e. The Morgan fingerprint density at radius 2 is 1.35 bits per heavy atom. The Labute approximate surface area is 189 Å². The number of aryl methyl sites for hydroxylation is 2. The third-order valence-corrected chi connectivity index (χ3v) is 5.00. The van der Waals surface area contributed by atoms with E-state index in [-0.39, 0.29) is 17.3 Å². The first-order valence-corrected chi connectivity index (χ1v) is 9.86. The van der Waals surface area contributed by atoms with E-state index in [0.29, 0.717) is 30.5 Å². The van der Waals surface area contributed by atoms with Crippen molar-refractivity contribution < 1.29 is 41.0 Å². The van der Waals surface area contributed by atoms with Gasteiger partial charge in [0.15, 0.2) is 0 Å². The van der Waals surface area contributed by atoms with Gasteiger partial charge in [0.25, 0.3) is 5.91 Å². The van der Waals surface area contributed by atoms with Crippen LogP contribution in [0.25, 0.3) is 0 Å². The van der Waals surface area contributed by atoms with E-state index >= 15 is 0 Å². The molecule has 0 heterocycles. The topological polar surface area (TPSA) is 66.4 Å². The van der Waals surface area contributed by atoms with E-state index in [2.05, 4.69) is 5.32 Å². The maximum absolute atomic E-state index is 13.4. The summed E-state index contributed by atoms with van der Waals surface area (Å²) in [4.78, 5) is 24.2. The molecule has 0 atom stereocenters. The zero-order valence-electron chi connectivity index (χ0n) is 17.3. The van der Waals surface area contributed by atoms with Crippen LogP contribution in [-0.2, 0) is 25.2 Å². The van der Waals surface area contributed by atoms with Gasteiger partial charge < -0.3 is 10.4 Å². The molecule has 3 aromatic rings. The minimum Gasteiger partial charge on any atom is -0.478 e. The molecule has 0 bridgehead atoms. The highest BCUT2D eigenvalue weighted by molar-refractivity contribution is 6.08. The number of rotatable bonds is 6. The van der Waals surface area contributed by atoms with Crippen LogP contribution in [-0.4, -0.2) is 17.0 Å². The number of alkyl halides is 6. The van der Waals surface area contributed by atoms with Gasteiger partial charge in [-0.2, -0.15) is 26.3 Å². The zero-order valence-corrected chi connectivity index (χ0v) is 17.3. The summed E-state index contributed by atoms with van der Waals surface area (Å²) in [5, 5.41) is 11.5. The summed E-state index contributed by atoms with van der Waals surface area (Å²) in [5.74, 6) is -2.82. The van der Waals surface area contributed by atoms with Crippen molar-refractivity contribution in [3.05, 3.63) is 100 Å². The number of nitrogens with one attached hydrogen (secondary N) is 1. The van der Waals surface area contributed by atoms with Crippen LogP contribution in [0, 0.1) is 0 Å². The van der Waals surface area contributed by atoms with Crippen LogP contribution in [0.4, 0.5) is 32.0 Å². The number of amides is 1. The number of halogens is 6. The molecular weight excluding hydrogens is 464 g/mol. The standard InChI is InChI=1S/C24H17F6NO3/c25-23(26,27)16-9-11-17(19(13-16)24(28,29)30)21(32)31-20-12-15(8-10-18(20)22(33)34)7-6-14-4-2-1-3-5-14/h1-5,8-13H,6-7H2,(H,31,32)(H,33,34). The van der Waals surface area contributed by atoms with Gasteiger partial charge in [0, 0.05) is 0 Å². The molecule has 34 heavy (non-hydrogen) atoms. The molecule has 4 nitrogen and oxygen atoms in total. The molecular formula is C24H17F6NO3. The first-order chi connectivity index (χ1) is 15.9. The smallest absolute Gasteiger partial charge is 0.417 e. The van der Waals surface area contributed by atoms with Gasteiger partial charge in [0.1, 0.15) is 0 Å². The molecule has 0 unspecified atom stereocenters. The Morgan fingerprint density at radius 3 is 1.94 bits per heavy atom. The van der Waals surface area contributed by atoms with Gasteiger partial charge >= 0.3 is 18.3 Å². The normalized spacial score (nSPS) is 11.8. The van der Waals surface area contributed by atoms with Gasteiger partial charge in [-0.3, -0.25) is 4.79 Å². The fourth-order valence-corrected chi connectivity index (χ4v) is 3.31. The number of aromatic carboxylic acids is 1. The third-order valence-electron chi connectivity index (χ3n) is 5.00. The molecule has 178 valence electrons. The lowest BCUT2D eigenvalue weighted by atomic mass is 10.0. The Bertz CT molecular complexity index is 1200. The lowest BCUT2D eigenvalue weighted by Gasteiger charge is -2.17. The number of benzene rings is 3. The predicted molar refractivity (Wildman–Crippen MR) is 112 cm³/mol. The highest BCUT2D eigenvalue weighted by Gasteiger charge is 2.39. The second-order valence-corrected chi connectivity index (χ2v) is 7.38. The SMILES string of the molecule is O=C(O)c1ccc(CCc2ccccc2)cc1NC(=O)c1ccc(C(F)(F)F)cc1C(F)(F)F. The molecule has 0 saturated heterocycles. The maximum atomic E-state index is 13.4. The van der Waals surface area contributed by atoms with Gasteiger partial charge in [0.05, 0.1) is 27.9 Å². The number of carbonyl (C=O) groups is 2. The second-order valence-electron chi connectivity index (χ2n) is 7.38. The predicted octanol–water partition coefficient (Wildman–Crippen LogP) is 6.46. The van der Waals surface area contributed by atoms with Crippen LogP contribution < -0.4 is 5.32 Å². The number of carbonyl (C=O) groups excluding carboxylic acids is 1. The number of carboxylic acids is 1. The summed E-state index contributed by atoms with van der Waals surface area (Å²) < 4.78 is 78.9. The minimum atomic E-state index is -5.25.